The quantitative estimate of drug-likeness (QED) is 0.740. The molecule has 1 aliphatic heterocycles. The van der Waals surface area contributed by atoms with Crippen LogP contribution in [0.3, 0.4) is 0 Å². The molecule has 0 saturated carbocycles. The predicted molar refractivity (Wildman–Crippen MR) is 76.7 cm³/mol. The number of fused-ring (bicyclic) bond motifs is 1. The Hall–Kier alpha value is -2.65. The summed E-state index contributed by atoms with van der Waals surface area (Å²) in [6.07, 6.45) is -4.49. The van der Waals surface area contributed by atoms with E-state index in [4.69, 9.17) is 9.47 Å². The molecule has 0 radical (unpaired) electrons. The van der Waals surface area contributed by atoms with Crippen LogP contribution in [0.1, 0.15) is 5.56 Å². The number of hydrogen-bond acceptors (Lipinski definition) is 4. The molecule has 0 bridgehead atoms. The molecule has 1 aromatic carbocycles. The third kappa shape index (κ3) is 5.86. The third-order valence-electron chi connectivity index (χ3n) is 2.96. The van der Waals surface area contributed by atoms with E-state index in [1.54, 1.807) is 23.5 Å². The molecule has 7 nitrogen and oxygen atoms in total. The fraction of sp³-hybridized carbons (Fsp3) is 0.429. The van der Waals surface area contributed by atoms with Gasteiger partial charge in [0.1, 0.15) is 19.8 Å². The highest BCUT2D eigenvalue weighted by molar-refractivity contribution is 5.83. The van der Waals surface area contributed by atoms with Crippen LogP contribution in [0, 0.1) is 0 Å². The number of hydrogen-bond donors (Lipinski definition) is 3. The minimum absolute atomic E-state index is 0.159. The van der Waals surface area contributed by atoms with Crippen molar-refractivity contribution < 1.29 is 32.2 Å². The first-order valence-electron chi connectivity index (χ1n) is 7.07. The van der Waals surface area contributed by atoms with Crippen molar-refractivity contribution in [3.8, 4) is 11.5 Å². The summed E-state index contributed by atoms with van der Waals surface area (Å²) >= 11 is 0. The molecule has 3 N–H and O–H groups in total. The lowest BCUT2D eigenvalue weighted by Crippen LogP contribution is -2.43. The van der Waals surface area contributed by atoms with Gasteiger partial charge >= 0.3 is 12.2 Å². The maximum absolute atomic E-state index is 11.9. The summed E-state index contributed by atoms with van der Waals surface area (Å²) in [5.41, 5.74) is 0.746. The van der Waals surface area contributed by atoms with Gasteiger partial charge in [0.05, 0.1) is 6.54 Å². The topological polar surface area (TPSA) is 88.7 Å². The van der Waals surface area contributed by atoms with Crippen LogP contribution < -0.4 is 25.4 Å². The molecule has 0 unspecified atom stereocenters. The number of carbonyl (C=O) groups excluding carboxylic acids is 2. The van der Waals surface area contributed by atoms with E-state index in [0.29, 0.717) is 24.7 Å². The van der Waals surface area contributed by atoms with Gasteiger partial charge in [0.25, 0.3) is 0 Å². The summed E-state index contributed by atoms with van der Waals surface area (Å²) in [5.74, 6) is 0.269. The first-order chi connectivity index (χ1) is 11.3. The second kappa shape index (κ2) is 7.75. The van der Waals surface area contributed by atoms with Crippen molar-refractivity contribution in [2.75, 3.05) is 26.3 Å². The van der Waals surface area contributed by atoms with Gasteiger partial charge in [-0.25, -0.2) is 4.79 Å². The summed E-state index contributed by atoms with van der Waals surface area (Å²) in [4.78, 5) is 22.7. The molecule has 1 aromatic rings. The monoisotopic (exact) mass is 347 g/mol. The summed E-state index contributed by atoms with van der Waals surface area (Å²) in [6, 6.07) is 4.50. The van der Waals surface area contributed by atoms with Crippen molar-refractivity contribution in [1.29, 1.82) is 0 Å². The van der Waals surface area contributed by atoms with E-state index >= 15 is 0 Å². The third-order valence-corrected chi connectivity index (χ3v) is 2.96. The van der Waals surface area contributed by atoms with Crippen LogP contribution in [0.25, 0.3) is 0 Å². The molecule has 2 rings (SSSR count). The van der Waals surface area contributed by atoms with Crippen LogP contribution in [0.2, 0.25) is 0 Å². The zero-order valence-electron chi connectivity index (χ0n) is 12.5. The van der Waals surface area contributed by atoms with Gasteiger partial charge in [-0.1, -0.05) is 6.07 Å². The van der Waals surface area contributed by atoms with Crippen molar-refractivity contribution in [2.45, 2.75) is 12.7 Å². The maximum atomic E-state index is 11.9. The van der Waals surface area contributed by atoms with Gasteiger partial charge < -0.3 is 25.4 Å². The van der Waals surface area contributed by atoms with Crippen molar-refractivity contribution in [3.63, 3.8) is 0 Å². The van der Waals surface area contributed by atoms with Gasteiger partial charge in [-0.2, -0.15) is 13.2 Å². The molecule has 0 spiro atoms. The second-order valence-corrected chi connectivity index (χ2v) is 4.91. The molecule has 0 aliphatic carbocycles. The fourth-order valence-electron chi connectivity index (χ4n) is 1.86. The van der Waals surface area contributed by atoms with Crippen LogP contribution in [0.4, 0.5) is 18.0 Å². The molecular weight excluding hydrogens is 331 g/mol. The van der Waals surface area contributed by atoms with E-state index in [2.05, 4.69) is 10.6 Å². The molecule has 1 aliphatic rings. The Labute approximate surface area is 135 Å². The van der Waals surface area contributed by atoms with Gasteiger partial charge in [0.15, 0.2) is 11.5 Å². The van der Waals surface area contributed by atoms with E-state index in [1.807, 2.05) is 0 Å². The Morgan fingerprint density at radius 2 is 1.75 bits per heavy atom. The highest BCUT2D eigenvalue weighted by Gasteiger charge is 2.27. The molecule has 10 heteroatoms. The lowest BCUT2D eigenvalue weighted by atomic mass is 10.2. The highest BCUT2D eigenvalue weighted by atomic mass is 19.4. The minimum Gasteiger partial charge on any atom is -0.486 e. The smallest absolute Gasteiger partial charge is 0.405 e. The van der Waals surface area contributed by atoms with E-state index in [9.17, 15) is 22.8 Å². The van der Waals surface area contributed by atoms with Gasteiger partial charge in [-0.05, 0) is 17.7 Å². The van der Waals surface area contributed by atoms with Crippen molar-refractivity contribution in [1.82, 2.24) is 16.0 Å². The number of ether oxygens (including phenoxy) is 2. The first kappa shape index (κ1) is 17.7. The lowest BCUT2D eigenvalue weighted by Gasteiger charge is -2.19. The second-order valence-electron chi connectivity index (χ2n) is 4.91. The molecule has 1 heterocycles. The average Bonchev–Trinajstić information content (AvgIpc) is 2.55. The zero-order chi connectivity index (χ0) is 17.6. The number of alkyl halides is 3. The van der Waals surface area contributed by atoms with E-state index in [-0.39, 0.29) is 6.54 Å². The predicted octanol–water partition coefficient (Wildman–Crippen LogP) is 0.935. The molecular formula is C14H16F3N3O4. The number of urea groups is 1. The molecule has 0 aromatic heterocycles. The van der Waals surface area contributed by atoms with Gasteiger partial charge in [-0.15, -0.1) is 0 Å². The SMILES string of the molecule is O=C(CNC(=O)NCc1ccc2c(c1)OCCO2)NCC(F)(F)F. The minimum atomic E-state index is -4.49. The number of halogens is 3. The first-order valence-corrected chi connectivity index (χ1v) is 7.07. The molecule has 3 amide bonds. The Kier molecular flexibility index (Phi) is 5.72. The van der Waals surface area contributed by atoms with Crippen molar-refractivity contribution >= 4 is 11.9 Å². The number of amides is 3. The van der Waals surface area contributed by atoms with Crippen LogP contribution in [-0.2, 0) is 11.3 Å². The van der Waals surface area contributed by atoms with Crippen LogP contribution >= 0.6 is 0 Å². The van der Waals surface area contributed by atoms with Crippen molar-refractivity contribution in [3.05, 3.63) is 23.8 Å². The zero-order valence-corrected chi connectivity index (χ0v) is 12.5. The van der Waals surface area contributed by atoms with E-state index in [0.717, 1.165) is 5.56 Å². The summed E-state index contributed by atoms with van der Waals surface area (Å²) in [7, 11) is 0. The summed E-state index contributed by atoms with van der Waals surface area (Å²) < 4.78 is 46.5. The normalized spacial score (nSPS) is 13.1. The Balaban J connectivity index is 1.70. The number of benzene rings is 1. The van der Waals surface area contributed by atoms with E-state index < -0.39 is 31.2 Å². The summed E-state index contributed by atoms with van der Waals surface area (Å²) in [6.45, 7) is -0.914. The number of rotatable bonds is 5. The highest BCUT2D eigenvalue weighted by Crippen LogP contribution is 2.30. The molecule has 24 heavy (non-hydrogen) atoms. The van der Waals surface area contributed by atoms with E-state index in [1.165, 1.54) is 0 Å². The molecule has 0 fully saturated rings. The fourth-order valence-corrected chi connectivity index (χ4v) is 1.86. The standard InChI is InChI=1S/C14H16F3N3O4/c15-14(16,17)8-20-12(21)7-19-13(22)18-6-9-1-2-10-11(5-9)24-4-3-23-10/h1-2,5H,3-4,6-8H2,(H,20,21)(H2,18,19,22). The largest absolute Gasteiger partial charge is 0.486 e. The molecule has 132 valence electrons. The Bertz CT molecular complexity index is 607. The Morgan fingerprint density at radius 3 is 2.46 bits per heavy atom. The van der Waals surface area contributed by atoms with Gasteiger partial charge in [0.2, 0.25) is 5.91 Å². The number of carbonyl (C=O) groups is 2. The van der Waals surface area contributed by atoms with Crippen LogP contribution in [0.5, 0.6) is 11.5 Å². The van der Waals surface area contributed by atoms with Crippen molar-refractivity contribution in [2.24, 2.45) is 0 Å². The Morgan fingerprint density at radius 1 is 1.04 bits per heavy atom. The molecule has 0 atom stereocenters. The number of nitrogens with one attached hydrogen (secondary N) is 3. The maximum Gasteiger partial charge on any atom is 0.405 e. The lowest BCUT2D eigenvalue weighted by molar-refractivity contribution is -0.137. The average molecular weight is 347 g/mol. The van der Waals surface area contributed by atoms with Crippen LogP contribution in [-0.4, -0.2) is 44.4 Å². The van der Waals surface area contributed by atoms with Gasteiger partial charge in [0, 0.05) is 6.54 Å². The van der Waals surface area contributed by atoms with Gasteiger partial charge in [-0.3, -0.25) is 4.79 Å². The molecule has 0 saturated heterocycles. The van der Waals surface area contributed by atoms with Crippen LogP contribution in [0.15, 0.2) is 18.2 Å². The summed E-state index contributed by atoms with van der Waals surface area (Å²) in [5, 5.41) is 6.30.